The number of nitrogens with one attached hydrogen (secondary N) is 1. The second kappa shape index (κ2) is 3.89. The highest BCUT2D eigenvalue weighted by Crippen LogP contribution is 2.26. The Hall–Kier alpha value is -1.97. The van der Waals surface area contributed by atoms with Crippen LogP contribution in [0.2, 0.25) is 0 Å². The van der Waals surface area contributed by atoms with Crippen LogP contribution in [0.25, 0.3) is 11.3 Å². The Labute approximate surface area is 95.1 Å². The van der Waals surface area contributed by atoms with Gasteiger partial charge in [-0.05, 0) is 19.1 Å². The summed E-state index contributed by atoms with van der Waals surface area (Å²) in [6.45, 7) is 1.92. The van der Waals surface area contributed by atoms with Gasteiger partial charge in [0.2, 0.25) is 0 Å². The molecule has 0 saturated carbocycles. The molecule has 0 atom stereocenters. The fraction of sp³-hybridized carbons (Fsp3) is 0.250. The summed E-state index contributed by atoms with van der Waals surface area (Å²) in [4.78, 5) is 2.06. The molecular weight excluding hydrogens is 200 g/mol. The molecule has 1 heterocycles. The molecule has 0 bridgehead atoms. The maximum Gasteiger partial charge on any atom is 0.115 e. The van der Waals surface area contributed by atoms with E-state index in [0.717, 1.165) is 28.3 Å². The number of aromatic amines is 1. The van der Waals surface area contributed by atoms with Gasteiger partial charge in [-0.2, -0.15) is 5.10 Å². The molecule has 1 aromatic heterocycles. The van der Waals surface area contributed by atoms with E-state index in [4.69, 9.17) is 5.73 Å². The summed E-state index contributed by atoms with van der Waals surface area (Å²) in [5.41, 5.74) is 10.6. The number of nitrogen functional groups attached to an aromatic ring is 1. The predicted molar refractivity (Wildman–Crippen MR) is 67.5 cm³/mol. The number of benzene rings is 1. The third-order valence-corrected chi connectivity index (χ3v) is 2.65. The summed E-state index contributed by atoms with van der Waals surface area (Å²) in [5, 5.41) is 7.08. The van der Waals surface area contributed by atoms with Crippen molar-refractivity contribution in [3.8, 4) is 11.3 Å². The summed E-state index contributed by atoms with van der Waals surface area (Å²) >= 11 is 0. The molecule has 0 aliphatic carbocycles. The zero-order chi connectivity index (χ0) is 11.7. The normalized spacial score (nSPS) is 10.4. The number of nitrogens with zero attached hydrogens (tertiary/aromatic N) is 2. The van der Waals surface area contributed by atoms with Gasteiger partial charge in [-0.3, -0.25) is 5.10 Å². The number of aromatic nitrogens is 2. The van der Waals surface area contributed by atoms with Gasteiger partial charge in [0.25, 0.3) is 0 Å². The number of aryl methyl sites for hydroxylation is 1. The summed E-state index contributed by atoms with van der Waals surface area (Å²) in [7, 11) is 4.03. The molecule has 4 heteroatoms. The smallest absolute Gasteiger partial charge is 0.115 e. The largest absolute Gasteiger partial charge is 0.395 e. The van der Waals surface area contributed by atoms with Crippen molar-refractivity contribution in [1.82, 2.24) is 10.2 Å². The van der Waals surface area contributed by atoms with Crippen LogP contribution in [0.5, 0.6) is 0 Å². The van der Waals surface area contributed by atoms with E-state index >= 15 is 0 Å². The van der Waals surface area contributed by atoms with Crippen LogP contribution < -0.4 is 10.6 Å². The first-order chi connectivity index (χ1) is 7.59. The van der Waals surface area contributed by atoms with Gasteiger partial charge in [0.15, 0.2) is 0 Å². The first kappa shape index (κ1) is 10.5. The average Bonchev–Trinajstić information content (AvgIpc) is 2.60. The Balaban J connectivity index is 2.38. The zero-order valence-electron chi connectivity index (χ0n) is 9.78. The lowest BCUT2D eigenvalue weighted by Gasteiger charge is -2.12. The standard InChI is InChI=1S/C12H16N4/c1-8-11(13)12(15-14-8)9-4-6-10(7-5-9)16(2)3/h4-7H,13H2,1-3H3,(H,14,15). The Morgan fingerprint density at radius 2 is 1.81 bits per heavy atom. The number of rotatable bonds is 2. The van der Waals surface area contributed by atoms with E-state index in [1.807, 2.05) is 33.2 Å². The van der Waals surface area contributed by atoms with E-state index in [9.17, 15) is 0 Å². The second-order valence-corrected chi connectivity index (χ2v) is 4.05. The molecule has 0 fully saturated rings. The van der Waals surface area contributed by atoms with Crippen molar-refractivity contribution in [2.24, 2.45) is 0 Å². The number of nitrogens with two attached hydrogens (primary N) is 1. The topological polar surface area (TPSA) is 57.9 Å². The first-order valence-corrected chi connectivity index (χ1v) is 5.18. The van der Waals surface area contributed by atoms with Crippen LogP contribution in [0.15, 0.2) is 24.3 Å². The number of anilines is 2. The van der Waals surface area contributed by atoms with Gasteiger partial charge in [-0.15, -0.1) is 0 Å². The van der Waals surface area contributed by atoms with Crippen LogP contribution in [0, 0.1) is 6.92 Å². The van der Waals surface area contributed by atoms with E-state index in [1.165, 1.54) is 0 Å². The molecule has 0 unspecified atom stereocenters. The first-order valence-electron chi connectivity index (χ1n) is 5.18. The summed E-state index contributed by atoms with van der Waals surface area (Å²) in [6, 6.07) is 8.17. The van der Waals surface area contributed by atoms with Crippen molar-refractivity contribution >= 4 is 11.4 Å². The fourth-order valence-corrected chi connectivity index (χ4v) is 1.58. The van der Waals surface area contributed by atoms with Crippen LogP contribution in [0.4, 0.5) is 11.4 Å². The molecule has 0 amide bonds. The molecule has 16 heavy (non-hydrogen) atoms. The molecule has 1 aromatic carbocycles. The van der Waals surface area contributed by atoms with Gasteiger partial charge in [0.1, 0.15) is 5.69 Å². The van der Waals surface area contributed by atoms with Gasteiger partial charge in [0.05, 0.1) is 11.4 Å². The molecule has 0 spiro atoms. The van der Waals surface area contributed by atoms with Gasteiger partial charge in [-0.1, -0.05) is 12.1 Å². The Kier molecular flexibility index (Phi) is 2.56. The Bertz CT molecular complexity index is 482. The van der Waals surface area contributed by atoms with Gasteiger partial charge < -0.3 is 10.6 Å². The molecule has 3 N–H and O–H groups in total. The zero-order valence-corrected chi connectivity index (χ0v) is 9.78. The minimum atomic E-state index is 0.720. The lowest BCUT2D eigenvalue weighted by molar-refractivity contribution is 1.05. The van der Waals surface area contributed by atoms with Crippen molar-refractivity contribution in [3.63, 3.8) is 0 Å². The minimum absolute atomic E-state index is 0.720. The third kappa shape index (κ3) is 1.74. The van der Waals surface area contributed by atoms with Crippen LogP contribution in [-0.2, 0) is 0 Å². The summed E-state index contributed by atoms with van der Waals surface area (Å²) in [5.74, 6) is 0. The molecule has 2 aromatic rings. The number of H-pyrrole nitrogens is 1. The van der Waals surface area contributed by atoms with Crippen LogP contribution in [-0.4, -0.2) is 24.3 Å². The average molecular weight is 216 g/mol. The van der Waals surface area contributed by atoms with E-state index in [0.29, 0.717) is 0 Å². The molecule has 0 saturated heterocycles. The van der Waals surface area contributed by atoms with E-state index in [2.05, 4.69) is 27.2 Å². The molecule has 84 valence electrons. The molecule has 0 aliphatic rings. The van der Waals surface area contributed by atoms with Crippen LogP contribution in [0.3, 0.4) is 0 Å². The van der Waals surface area contributed by atoms with E-state index in [1.54, 1.807) is 0 Å². The maximum absolute atomic E-state index is 5.93. The highest BCUT2D eigenvalue weighted by atomic mass is 15.1. The van der Waals surface area contributed by atoms with Crippen molar-refractivity contribution in [3.05, 3.63) is 30.0 Å². The number of hydrogen-bond acceptors (Lipinski definition) is 3. The molecule has 0 aliphatic heterocycles. The highest BCUT2D eigenvalue weighted by Gasteiger charge is 2.08. The Morgan fingerprint density at radius 1 is 1.19 bits per heavy atom. The second-order valence-electron chi connectivity index (χ2n) is 4.05. The summed E-state index contributed by atoms with van der Waals surface area (Å²) in [6.07, 6.45) is 0. The highest BCUT2D eigenvalue weighted by molar-refractivity contribution is 5.75. The predicted octanol–water partition coefficient (Wildman–Crippen LogP) is 2.03. The SMILES string of the molecule is Cc1[nH]nc(-c2ccc(N(C)C)cc2)c1N. The number of hydrogen-bond donors (Lipinski definition) is 2. The van der Waals surface area contributed by atoms with Crippen LogP contribution in [0.1, 0.15) is 5.69 Å². The summed E-state index contributed by atoms with van der Waals surface area (Å²) < 4.78 is 0. The van der Waals surface area contributed by atoms with Gasteiger partial charge in [0, 0.05) is 25.3 Å². The van der Waals surface area contributed by atoms with Crippen molar-refractivity contribution < 1.29 is 0 Å². The van der Waals surface area contributed by atoms with E-state index in [-0.39, 0.29) is 0 Å². The molecular formula is C12H16N4. The molecule has 2 rings (SSSR count). The van der Waals surface area contributed by atoms with Crippen molar-refractivity contribution in [1.29, 1.82) is 0 Å². The van der Waals surface area contributed by atoms with Crippen molar-refractivity contribution in [2.75, 3.05) is 24.7 Å². The van der Waals surface area contributed by atoms with Crippen LogP contribution >= 0.6 is 0 Å². The van der Waals surface area contributed by atoms with E-state index < -0.39 is 0 Å². The molecule has 4 nitrogen and oxygen atoms in total. The monoisotopic (exact) mass is 216 g/mol. The maximum atomic E-state index is 5.93. The Morgan fingerprint density at radius 3 is 2.25 bits per heavy atom. The third-order valence-electron chi connectivity index (χ3n) is 2.65. The fourth-order valence-electron chi connectivity index (χ4n) is 1.58. The molecule has 0 radical (unpaired) electrons. The van der Waals surface area contributed by atoms with Gasteiger partial charge >= 0.3 is 0 Å². The minimum Gasteiger partial charge on any atom is -0.395 e. The quantitative estimate of drug-likeness (QED) is 0.807. The lowest BCUT2D eigenvalue weighted by atomic mass is 10.1. The lowest BCUT2D eigenvalue weighted by Crippen LogP contribution is -2.07. The van der Waals surface area contributed by atoms with Crippen molar-refractivity contribution in [2.45, 2.75) is 6.92 Å². The van der Waals surface area contributed by atoms with Gasteiger partial charge in [-0.25, -0.2) is 0 Å².